The molecule has 0 aromatic carbocycles. The lowest BCUT2D eigenvalue weighted by atomic mass is 10.1. The first kappa shape index (κ1) is 73.7. The van der Waals surface area contributed by atoms with Gasteiger partial charge in [-0.05, 0) is 161 Å². The number of carbonyl (C=O) groups is 2. The average molecular weight is 1090 g/mol. The number of aliphatic hydroxyl groups excluding tert-OH is 1. The number of rotatable bonds is 52. The van der Waals surface area contributed by atoms with Crippen LogP contribution in [-0.4, -0.2) is 36.4 Å². The van der Waals surface area contributed by atoms with Crippen molar-refractivity contribution in [3.8, 4) is 0 Å². The number of hydrogen-bond donors (Lipinski definition) is 1. The lowest BCUT2D eigenvalue weighted by molar-refractivity contribution is -0.161. The normalized spacial score (nSPS) is 14.0. The average Bonchev–Trinajstić information content (AvgIpc) is 3.46. The van der Waals surface area contributed by atoms with Crippen LogP contribution in [-0.2, 0) is 19.1 Å². The fourth-order valence-electron chi connectivity index (χ4n) is 7.15. The summed E-state index contributed by atoms with van der Waals surface area (Å²) in [4.78, 5) is 24.5. The monoisotopic (exact) mass is 1090 g/mol. The third-order valence-corrected chi connectivity index (χ3v) is 11.6. The molecule has 0 aliphatic heterocycles. The Morgan fingerprint density at radius 2 is 0.512 bits per heavy atom. The molecular formula is C75H108O5. The summed E-state index contributed by atoms with van der Waals surface area (Å²) < 4.78 is 10.6. The summed E-state index contributed by atoms with van der Waals surface area (Å²) in [5, 5.41) is 9.66. The van der Waals surface area contributed by atoms with E-state index in [4.69, 9.17) is 9.47 Å². The van der Waals surface area contributed by atoms with Crippen molar-refractivity contribution in [1.82, 2.24) is 0 Å². The second-order valence-corrected chi connectivity index (χ2v) is 19.0. The highest BCUT2D eigenvalue weighted by molar-refractivity contribution is 5.70. The van der Waals surface area contributed by atoms with Gasteiger partial charge in [0.2, 0.25) is 0 Å². The van der Waals surface area contributed by atoms with Crippen molar-refractivity contribution >= 4 is 11.9 Å². The molecule has 0 amide bonds. The largest absolute Gasteiger partial charge is 0.462 e. The Labute approximate surface area is 489 Å². The molecule has 0 aromatic rings. The number of allylic oxidation sites excluding steroid dienone is 40. The fraction of sp³-hybridized carbons (Fsp3) is 0.440. The molecule has 5 heteroatoms. The third-order valence-electron chi connectivity index (χ3n) is 11.6. The van der Waals surface area contributed by atoms with Crippen LogP contribution in [0, 0.1) is 0 Å². The molecule has 0 aliphatic carbocycles. The minimum atomic E-state index is -0.836. The topological polar surface area (TPSA) is 72.8 Å². The van der Waals surface area contributed by atoms with E-state index >= 15 is 0 Å². The SMILES string of the molecule is CC/C=C\C/C=C\C/C=C\C/C=C\C/C=C\C/C=C\C/C=C\C/C=C\C/C=C\C/C=C\C/C=C\CCCCCC(=O)OC(CO)COC(=O)CCC/C=C\C/C=C\C/C=C\C/C=C\C/C=C\C/C=C\C/C=C\C/C=C\C/C=C\CC. The van der Waals surface area contributed by atoms with Gasteiger partial charge in [-0.1, -0.05) is 263 Å². The van der Waals surface area contributed by atoms with Crippen LogP contribution in [0.1, 0.15) is 194 Å². The fourth-order valence-corrected chi connectivity index (χ4v) is 7.15. The maximum atomic E-state index is 12.3. The molecule has 0 fully saturated rings. The van der Waals surface area contributed by atoms with Crippen molar-refractivity contribution in [3.63, 3.8) is 0 Å². The van der Waals surface area contributed by atoms with E-state index in [2.05, 4.69) is 257 Å². The molecule has 0 radical (unpaired) electrons. The standard InChI is InChI=1S/C75H108O5/c1-3-5-7-9-11-13-15-17-19-21-23-25-27-29-31-33-34-35-36-37-38-39-40-42-44-46-48-50-52-54-56-58-60-62-64-66-68-70-75(78)80-73(71-76)72-79-74(77)69-67-65-63-61-59-57-55-53-51-49-47-45-43-41-32-30-28-26-24-22-20-18-16-14-12-10-8-6-4-2/h5-8,11-14,17-20,23-26,29-32,34-35,37-38,40,42-43,45-46,48-49,51-52,54-55,57-58,60-61,63,73,76H,3-4,9-10,15-16,21-22,27-28,33,36,39,41,44,47,50,53,56,59,62,64-72H2,1-2H3/b7-5-,8-6-,13-11-,14-12-,19-17-,20-18-,25-23-,26-24-,31-29-,32-30-,35-34-,38-37-,42-40-,45-43-,48-46-,51-49-,54-52-,57-55-,60-58-,63-61-. The van der Waals surface area contributed by atoms with E-state index in [0.717, 1.165) is 161 Å². The van der Waals surface area contributed by atoms with E-state index in [9.17, 15) is 14.7 Å². The molecule has 0 bridgehead atoms. The molecule has 1 N–H and O–H groups in total. The Hall–Kier alpha value is -6.30. The molecule has 0 spiro atoms. The summed E-state index contributed by atoms with van der Waals surface area (Å²) in [6.45, 7) is 3.81. The van der Waals surface area contributed by atoms with Crippen molar-refractivity contribution in [3.05, 3.63) is 243 Å². The maximum absolute atomic E-state index is 12.3. The van der Waals surface area contributed by atoms with Gasteiger partial charge in [-0.25, -0.2) is 0 Å². The van der Waals surface area contributed by atoms with Gasteiger partial charge in [0.05, 0.1) is 6.61 Å². The van der Waals surface area contributed by atoms with Crippen LogP contribution in [0.2, 0.25) is 0 Å². The van der Waals surface area contributed by atoms with Crippen LogP contribution in [0.3, 0.4) is 0 Å². The van der Waals surface area contributed by atoms with Crippen molar-refractivity contribution in [2.45, 2.75) is 200 Å². The third kappa shape index (κ3) is 64.2. The van der Waals surface area contributed by atoms with Crippen molar-refractivity contribution in [1.29, 1.82) is 0 Å². The van der Waals surface area contributed by atoms with E-state index in [-0.39, 0.29) is 38.0 Å². The number of unbranched alkanes of at least 4 members (excludes halogenated alkanes) is 4. The first-order chi connectivity index (χ1) is 39.6. The Morgan fingerprint density at radius 3 is 0.762 bits per heavy atom. The summed E-state index contributed by atoms with van der Waals surface area (Å²) >= 11 is 0. The first-order valence-corrected chi connectivity index (χ1v) is 30.6. The first-order valence-electron chi connectivity index (χ1n) is 30.6. The molecule has 0 saturated carbocycles. The van der Waals surface area contributed by atoms with Gasteiger partial charge in [-0.15, -0.1) is 0 Å². The lowest BCUT2D eigenvalue weighted by Gasteiger charge is -2.15. The van der Waals surface area contributed by atoms with Gasteiger partial charge in [0, 0.05) is 12.8 Å². The van der Waals surface area contributed by atoms with Gasteiger partial charge in [-0.3, -0.25) is 9.59 Å². The van der Waals surface area contributed by atoms with Gasteiger partial charge in [-0.2, -0.15) is 0 Å². The van der Waals surface area contributed by atoms with Crippen LogP contribution in [0.25, 0.3) is 0 Å². The second kappa shape index (κ2) is 67.0. The van der Waals surface area contributed by atoms with E-state index in [1.165, 1.54) is 0 Å². The minimum Gasteiger partial charge on any atom is -0.462 e. The smallest absolute Gasteiger partial charge is 0.306 e. The van der Waals surface area contributed by atoms with Crippen molar-refractivity contribution in [2.24, 2.45) is 0 Å². The lowest BCUT2D eigenvalue weighted by Crippen LogP contribution is -2.28. The Bertz CT molecular complexity index is 2060. The van der Waals surface area contributed by atoms with Gasteiger partial charge in [0.25, 0.3) is 0 Å². The number of ether oxygens (including phenoxy) is 2. The van der Waals surface area contributed by atoms with Crippen molar-refractivity contribution in [2.75, 3.05) is 13.2 Å². The van der Waals surface area contributed by atoms with Gasteiger partial charge >= 0.3 is 11.9 Å². The highest BCUT2D eigenvalue weighted by Crippen LogP contribution is 2.09. The van der Waals surface area contributed by atoms with E-state index in [1.54, 1.807) is 0 Å². The molecule has 0 rings (SSSR count). The van der Waals surface area contributed by atoms with E-state index < -0.39 is 6.10 Å². The molecule has 0 heterocycles. The molecule has 80 heavy (non-hydrogen) atoms. The van der Waals surface area contributed by atoms with Crippen LogP contribution in [0.5, 0.6) is 0 Å². The highest BCUT2D eigenvalue weighted by atomic mass is 16.6. The molecule has 5 nitrogen and oxygen atoms in total. The van der Waals surface area contributed by atoms with Crippen LogP contribution in [0.4, 0.5) is 0 Å². The minimum absolute atomic E-state index is 0.129. The Morgan fingerprint density at radius 1 is 0.287 bits per heavy atom. The molecule has 0 aromatic heterocycles. The summed E-state index contributed by atoms with van der Waals surface area (Å²) in [7, 11) is 0. The number of esters is 2. The van der Waals surface area contributed by atoms with Gasteiger partial charge in [0.1, 0.15) is 6.61 Å². The Balaban J connectivity index is 3.78. The zero-order valence-electron chi connectivity index (χ0n) is 50.0. The number of hydrogen-bond acceptors (Lipinski definition) is 5. The molecular weight excluding hydrogens is 981 g/mol. The summed E-state index contributed by atoms with van der Waals surface area (Å²) in [5.74, 6) is -0.724. The molecule has 1 atom stereocenters. The van der Waals surface area contributed by atoms with Crippen LogP contribution < -0.4 is 0 Å². The Kier molecular flexibility index (Phi) is 61.7. The maximum Gasteiger partial charge on any atom is 0.306 e. The molecule has 438 valence electrons. The van der Waals surface area contributed by atoms with Crippen LogP contribution >= 0.6 is 0 Å². The highest BCUT2D eigenvalue weighted by Gasteiger charge is 2.16. The number of aliphatic hydroxyl groups is 1. The summed E-state index contributed by atoms with van der Waals surface area (Å²) in [6, 6.07) is 0. The zero-order chi connectivity index (χ0) is 57.6. The second-order valence-electron chi connectivity index (χ2n) is 19.0. The quantitative estimate of drug-likeness (QED) is 0.0373. The summed E-state index contributed by atoms with van der Waals surface area (Å²) in [6.07, 6.45) is 113. The zero-order valence-corrected chi connectivity index (χ0v) is 50.0. The van der Waals surface area contributed by atoms with E-state index in [0.29, 0.717) is 6.42 Å². The summed E-state index contributed by atoms with van der Waals surface area (Å²) in [5.41, 5.74) is 0. The van der Waals surface area contributed by atoms with Crippen molar-refractivity contribution < 1.29 is 24.2 Å². The predicted octanol–water partition coefficient (Wildman–Crippen LogP) is 21.5. The van der Waals surface area contributed by atoms with E-state index in [1.807, 2.05) is 0 Å². The molecule has 0 aliphatic rings. The predicted molar refractivity (Wildman–Crippen MR) is 351 cm³/mol. The van der Waals surface area contributed by atoms with Crippen LogP contribution in [0.15, 0.2) is 243 Å². The molecule has 0 saturated heterocycles. The van der Waals surface area contributed by atoms with Gasteiger partial charge in [0.15, 0.2) is 6.10 Å². The molecule has 1 unspecified atom stereocenters. The number of carbonyl (C=O) groups excluding carboxylic acids is 2. The van der Waals surface area contributed by atoms with Gasteiger partial charge < -0.3 is 14.6 Å².